The zero-order valence-corrected chi connectivity index (χ0v) is 13.6. The fourth-order valence-corrected chi connectivity index (χ4v) is 7.88. The predicted octanol–water partition coefficient (Wildman–Crippen LogP) is 3.15. The number of carbonyl (C=O) groups excluding carboxylic acids is 2. The second-order valence-electron chi connectivity index (χ2n) is 9.50. The first kappa shape index (κ1) is 13.2. The highest BCUT2D eigenvalue weighted by Crippen LogP contribution is 2.60. The molecule has 0 N–H and O–H groups in total. The smallest absolute Gasteiger partial charge is 0.234 e. The monoisotopic (exact) mass is 311 g/mol. The first-order chi connectivity index (χ1) is 11.1. The SMILES string of the molecule is O=C1[C@@H]2[C@H](C(=O)N1C13CC4CC(CC(C4)C1)C3)[C@@H]1C=C[C@H]2CC1. The number of nitrogens with zero attached hydrogens (tertiary/aromatic N) is 1. The molecule has 0 spiro atoms. The highest BCUT2D eigenvalue weighted by Gasteiger charge is 2.64. The van der Waals surface area contributed by atoms with Gasteiger partial charge < -0.3 is 0 Å². The van der Waals surface area contributed by atoms with Gasteiger partial charge in [-0.25, -0.2) is 0 Å². The minimum Gasteiger partial charge on any atom is -0.276 e. The normalized spacial score (nSPS) is 55.8. The third-order valence-corrected chi connectivity index (χ3v) is 8.24. The third kappa shape index (κ3) is 1.52. The van der Waals surface area contributed by atoms with Crippen molar-refractivity contribution in [1.29, 1.82) is 0 Å². The van der Waals surface area contributed by atoms with Gasteiger partial charge in [0.15, 0.2) is 0 Å². The van der Waals surface area contributed by atoms with Crippen molar-refractivity contribution in [2.75, 3.05) is 0 Å². The molecule has 0 radical (unpaired) electrons. The average molecular weight is 311 g/mol. The summed E-state index contributed by atoms with van der Waals surface area (Å²) in [4.78, 5) is 28.5. The van der Waals surface area contributed by atoms with Crippen LogP contribution < -0.4 is 0 Å². The summed E-state index contributed by atoms with van der Waals surface area (Å²) in [6.45, 7) is 0. The summed E-state index contributed by atoms with van der Waals surface area (Å²) in [6, 6.07) is 0. The van der Waals surface area contributed by atoms with Crippen LogP contribution in [0.25, 0.3) is 0 Å². The Morgan fingerprint density at radius 2 is 1.22 bits per heavy atom. The maximum atomic E-state index is 13.3. The molecule has 23 heavy (non-hydrogen) atoms. The molecule has 1 heterocycles. The number of rotatable bonds is 1. The van der Waals surface area contributed by atoms with Crippen molar-refractivity contribution < 1.29 is 9.59 Å². The van der Waals surface area contributed by atoms with Crippen LogP contribution in [-0.2, 0) is 9.59 Å². The lowest BCUT2D eigenvalue weighted by Crippen LogP contribution is -2.61. The second-order valence-corrected chi connectivity index (χ2v) is 9.50. The van der Waals surface area contributed by atoms with Crippen molar-refractivity contribution in [2.45, 2.75) is 56.9 Å². The lowest BCUT2D eigenvalue weighted by molar-refractivity contribution is -0.159. The molecule has 4 atom stereocenters. The molecule has 2 amide bonds. The fraction of sp³-hybridized carbons (Fsp3) is 0.800. The summed E-state index contributed by atoms with van der Waals surface area (Å²) in [5, 5.41) is 0. The van der Waals surface area contributed by atoms with E-state index < -0.39 is 0 Å². The zero-order chi connectivity index (χ0) is 15.3. The molecule has 7 aliphatic carbocycles. The van der Waals surface area contributed by atoms with Crippen molar-refractivity contribution in [3.8, 4) is 0 Å². The summed E-state index contributed by atoms with van der Waals surface area (Å²) in [5.74, 6) is 3.39. The van der Waals surface area contributed by atoms with E-state index in [0.717, 1.165) is 49.9 Å². The lowest BCUT2D eigenvalue weighted by atomic mass is 9.52. The number of hydrogen-bond donors (Lipinski definition) is 0. The summed E-state index contributed by atoms with van der Waals surface area (Å²) in [7, 11) is 0. The van der Waals surface area contributed by atoms with E-state index in [2.05, 4.69) is 12.2 Å². The van der Waals surface area contributed by atoms with Crippen LogP contribution in [0.4, 0.5) is 0 Å². The number of imide groups is 1. The third-order valence-electron chi connectivity index (χ3n) is 8.24. The maximum absolute atomic E-state index is 13.3. The highest BCUT2D eigenvalue weighted by atomic mass is 16.2. The van der Waals surface area contributed by atoms with Gasteiger partial charge in [-0.05, 0) is 81.0 Å². The van der Waals surface area contributed by atoms with Crippen LogP contribution in [0.1, 0.15) is 51.4 Å². The van der Waals surface area contributed by atoms with Gasteiger partial charge in [-0.15, -0.1) is 0 Å². The summed E-state index contributed by atoms with van der Waals surface area (Å²) >= 11 is 0. The number of hydrogen-bond acceptors (Lipinski definition) is 2. The Kier molecular flexibility index (Phi) is 2.35. The molecule has 3 heteroatoms. The minimum absolute atomic E-state index is 0.0146. The standard InChI is InChI=1S/C20H25NO2/c22-18-16-14-1-2-15(4-3-14)17(16)19(23)21(18)20-8-11-5-12(9-20)7-13(6-11)10-20/h1-2,11-17H,3-10H2/t11?,12?,13?,14-,15+,16-,17+,20?. The van der Waals surface area contributed by atoms with Gasteiger partial charge in [0.2, 0.25) is 11.8 Å². The molecule has 8 rings (SSSR count). The van der Waals surface area contributed by atoms with Crippen molar-refractivity contribution in [1.82, 2.24) is 4.90 Å². The highest BCUT2D eigenvalue weighted by molar-refractivity contribution is 6.06. The summed E-state index contributed by atoms with van der Waals surface area (Å²) in [6.07, 6.45) is 14.1. The van der Waals surface area contributed by atoms with Crippen LogP contribution in [0.5, 0.6) is 0 Å². The quantitative estimate of drug-likeness (QED) is 0.551. The predicted molar refractivity (Wildman–Crippen MR) is 85.1 cm³/mol. The molecule has 0 aromatic heterocycles. The Bertz CT molecular complexity index is 568. The van der Waals surface area contributed by atoms with Gasteiger partial charge in [0.05, 0.1) is 17.4 Å². The van der Waals surface area contributed by atoms with Crippen LogP contribution in [0.2, 0.25) is 0 Å². The molecular weight excluding hydrogens is 286 g/mol. The van der Waals surface area contributed by atoms with Crippen LogP contribution in [0.3, 0.4) is 0 Å². The summed E-state index contributed by atoms with van der Waals surface area (Å²) < 4.78 is 0. The molecule has 0 aromatic carbocycles. The number of amides is 2. The van der Waals surface area contributed by atoms with Crippen molar-refractivity contribution in [3.63, 3.8) is 0 Å². The van der Waals surface area contributed by atoms with E-state index in [4.69, 9.17) is 0 Å². The van der Waals surface area contributed by atoms with E-state index in [-0.39, 0.29) is 29.2 Å². The fourth-order valence-electron chi connectivity index (χ4n) is 7.88. The van der Waals surface area contributed by atoms with E-state index in [1.54, 1.807) is 0 Å². The molecule has 6 fully saturated rings. The number of likely N-dealkylation sites (tertiary alicyclic amines) is 1. The topological polar surface area (TPSA) is 37.4 Å². The molecule has 0 unspecified atom stereocenters. The van der Waals surface area contributed by atoms with E-state index in [1.807, 2.05) is 4.90 Å². The molecule has 1 aliphatic heterocycles. The first-order valence-electron chi connectivity index (χ1n) is 9.71. The Hall–Kier alpha value is -1.12. The first-order valence-corrected chi connectivity index (χ1v) is 9.71. The van der Waals surface area contributed by atoms with Crippen molar-refractivity contribution in [3.05, 3.63) is 12.2 Å². The van der Waals surface area contributed by atoms with Gasteiger partial charge in [0.25, 0.3) is 0 Å². The van der Waals surface area contributed by atoms with E-state index in [0.29, 0.717) is 11.8 Å². The van der Waals surface area contributed by atoms with E-state index in [9.17, 15) is 9.59 Å². The van der Waals surface area contributed by atoms with Crippen molar-refractivity contribution in [2.24, 2.45) is 41.4 Å². The minimum atomic E-state index is -0.0836. The lowest BCUT2D eigenvalue weighted by Gasteiger charge is -2.59. The Morgan fingerprint density at radius 1 is 0.783 bits per heavy atom. The second kappa shape index (κ2) is 4.10. The van der Waals surface area contributed by atoms with Crippen LogP contribution >= 0.6 is 0 Å². The van der Waals surface area contributed by atoms with Crippen LogP contribution in [0, 0.1) is 41.4 Å². The zero-order valence-electron chi connectivity index (χ0n) is 13.6. The number of carbonyl (C=O) groups is 2. The van der Waals surface area contributed by atoms with Crippen molar-refractivity contribution >= 4 is 11.8 Å². The number of fused-ring (bicyclic) bond motifs is 1. The largest absolute Gasteiger partial charge is 0.276 e. The molecule has 122 valence electrons. The van der Waals surface area contributed by atoms with E-state index in [1.165, 1.54) is 19.3 Å². The molecule has 6 bridgehead atoms. The van der Waals surface area contributed by atoms with Crippen LogP contribution in [0.15, 0.2) is 12.2 Å². The van der Waals surface area contributed by atoms with Gasteiger partial charge in [0, 0.05) is 0 Å². The van der Waals surface area contributed by atoms with Gasteiger partial charge in [-0.2, -0.15) is 0 Å². The molecule has 3 nitrogen and oxygen atoms in total. The Morgan fingerprint density at radius 3 is 1.61 bits per heavy atom. The Labute approximate surface area is 137 Å². The molecule has 1 saturated heterocycles. The van der Waals surface area contributed by atoms with E-state index >= 15 is 0 Å². The molecule has 0 aromatic rings. The average Bonchev–Trinajstić information content (AvgIpc) is 2.81. The molecule has 5 saturated carbocycles. The maximum Gasteiger partial charge on any atom is 0.234 e. The Balaban J connectivity index is 1.42. The van der Waals surface area contributed by atoms with Crippen LogP contribution in [-0.4, -0.2) is 22.3 Å². The van der Waals surface area contributed by atoms with Gasteiger partial charge >= 0.3 is 0 Å². The summed E-state index contributed by atoms with van der Waals surface area (Å²) in [5.41, 5.74) is -0.0836. The number of allylic oxidation sites excluding steroid dienone is 2. The molecular formula is C20H25NO2. The van der Waals surface area contributed by atoms with Gasteiger partial charge in [-0.3, -0.25) is 14.5 Å². The molecule has 8 aliphatic rings. The van der Waals surface area contributed by atoms with Gasteiger partial charge in [0.1, 0.15) is 0 Å². The van der Waals surface area contributed by atoms with Gasteiger partial charge in [-0.1, -0.05) is 12.2 Å².